The van der Waals surface area contributed by atoms with Crippen LogP contribution in [0.4, 0.5) is 0 Å². The molecule has 0 spiro atoms. The first kappa shape index (κ1) is 15.7. The summed E-state index contributed by atoms with van der Waals surface area (Å²) in [7, 11) is 1.46. The van der Waals surface area contributed by atoms with E-state index in [0.29, 0.717) is 15.4 Å². The molecule has 2 rings (SSSR count). The second kappa shape index (κ2) is 6.87. The standard InChI is InChI=1S/C14H12BrClN2O3/c1-21-13-10(15)7-17-12(18-13)9(14(19)20)6-8-4-2-3-5-11(8)16/h2-5,7,9H,6H2,1H3,(H,19,20). The van der Waals surface area contributed by atoms with E-state index in [2.05, 4.69) is 25.9 Å². The van der Waals surface area contributed by atoms with Gasteiger partial charge >= 0.3 is 5.97 Å². The first-order valence-electron chi connectivity index (χ1n) is 6.05. The van der Waals surface area contributed by atoms with Gasteiger partial charge in [0, 0.05) is 11.2 Å². The Bertz CT molecular complexity index is 666. The number of methoxy groups -OCH3 is 1. The first-order valence-corrected chi connectivity index (χ1v) is 7.22. The first-order chi connectivity index (χ1) is 10.0. The highest BCUT2D eigenvalue weighted by Gasteiger charge is 2.25. The van der Waals surface area contributed by atoms with Gasteiger partial charge in [-0.1, -0.05) is 29.8 Å². The van der Waals surface area contributed by atoms with Crippen molar-refractivity contribution in [3.8, 4) is 5.88 Å². The molecule has 1 aromatic heterocycles. The number of ether oxygens (including phenoxy) is 1. The molecule has 0 aliphatic carbocycles. The second-order valence-corrected chi connectivity index (χ2v) is 5.53. The van der Waals surface area contributed by atoms with E-state index < -0.39 is 11.9 Å². The van der Waals surface area contributed by atoms with Crippen LogP contribution in [0.15, 0.2) is 34.9 Å². The molecule has 2 aromatic rings. The fourth-order valence-corrected chi connectivity index (χ4v) is 2.41. The topological polar surface area (TPSA) is 72.3 Å². The molecular formula is C14H12BrClN2O3. The third-order valence-electron chi connectivity index (χ3n) is 2.92. The molecule has 1 heterocycles. The minimum Gasteiger partial charge on any atom is -0.481 e. The molecule has 0 fully saturated rings. The Morgan fingerprint density at radius 2 is 2.19 bits per heavy atom. The van der Waals surface area contributed by atoms with E-state index in [-0.39, 0.29) is 12.2 Å². The van der Waals surface area contributed by atoms with E-state index in [9.17, 15) is 9.90 Å². The number of aliphatic carboxylic acids is 1. The average Bonchev–Trinajstić information content (AvgIpc) is 2.47. The number of benzene rings is 1. The zero-order valence-corrected chi connectivity index (χ0v) is 13.4. The van der Waals surface area contributed by atoms with Gasteiger partial charge in [-0.25, -0.2) is 4.98 Å². The van der Waals surface area contributed by atoms with Gasteiger partial charge in [0.05, 0.1) is 11.6 Å². The molecule has 0 aliphatic rings. The van der Waals surface area contributed by atoms with Crippen molar-refractivity contribution >= 4 is 33.5 Å². The molecular weight excluding hydrogens is 360 g/mol. The molecule has 0 amide bonds. The van der Waals surface area contributed by atoms with Crippen LogP contribution in [-0.2, 0) is 11.2 Å². The van der Waals surface area contributed by atoms with Crippen LogP contribution in [0.3, 0.4) is 0 Å². The molecule has 1 unspecified atom stereocenters. The Morgan fingerprint density at radius 3 is 2.81 bits per heavy atom. The largest absolute Gasteiger partial charge is 0.481 e. The molecule has 1 N–H and O–H groups in total. The number of nitrogens with zero attached hydrogens (tertiary/aromatic N) is 2. The summed E-state index contributed by atoms with van der Waals surface area (Å²) in [5, 5.41) is 9.96. The van der Waals surface area contributed by atoms with Gasteiger partial charge in [0.25, 0.3) is 0 Å². The summed E-state index contributed by atoms with van der Waals surface area (Å²) in [6, 6.07) is 7.11. The fourth-order valence-electron chi connectivity index (χ4n) is 1.85. The van der Waals surface area contributed by atoms with Crippen molar-refractivity contribution in [1.82, 2.24) is 9.97 Å². The number of hydrogen-bond acceptors (Lipinski definition) is 4. The molecule has 1 atom stereocenters. The predicted octanol–water partition coefficient (Wildman–Crippen LogP) is 3.31. The number of hydrogen-bond donors (Lipinski definition) is 1. The molecule has 5 nitrogen and oxygen atoms in total. The van der Waals surface area contributed by atoms with E-state index in [0.717, 1.165) is 5.56 Å². The van der Waals surface area contributed by atoms with Crippen molar-refractivity contribution in [3.05, 3.63) is 51.3 Å². The maximum Gasteiger partial charge on any atom is 0.314 e. The van der Waals surface area contributed by atoms with Crippen LogP contribution in [0.25, 0.3) is 0 Å². The van der Waals surface area contributed by atoms with Gasteiger partial charge in [-0.2, -0.15) is 4.98 Å². The summed E-state index contributed by atoms with van der Waals surface area (Å²) >= 11 is 9.31. The van der Waals surface area contributed by atoms with E-state index in [4.69, 9.17) is 16.3 Å². The lowest BCUT2D eigenvalue weighted by atomic mass is 9.98. The lowest BCUT2D eigenvalue weighted by Crippen LogP contribution is -2.18. The van der Waals surface area contributed by atoms with Crippen LogP contribution in [0, 0.1) is 0 Å². The van der Waals surface area contributed by atoms with Crippen molar-refractivity contribution in [2.45, 2.75) is 12.3 Å². The van der Waals surface area contributed by atoms with Gasteiger partial charge in [0.15, 0.2) is 0 Å². The summed E-state index contributed by atoms with van der Waals surface area (Å²) in [6.07, 6.45) is 1.68. The fraction of sp³-hybridized carbons (Fsp3) is 0.214. The Balaban J connectivity index is 2.36. The number of carboxylic acids is 1. The van der Waals surface area contributed by atoms with Crippen molar-refractivity contribution in [2.75, 3.05) is 7.11 Å². The molecule has 0 saturated carbocycles. The number of carbonyl (C=O) groups is 1. The minimum absolute atomic E-state index is 0.183. The molecule has 0 bridgehead atoms. The Kier molecular flexibility index (Phi) is 5.14. The van der Waals surface area contributed by atoms with Crippen LogP contribution < -0.4 is 4.74 Å². The maximum atomic E-state index is 11.5. The highest BCUT2D eigenvalue weighted by molar-refractivity contribution is 9.10. The summed E-state index contributed by atoms with van der Waals surface area (Å²) in [4.78, 5) is 19.7. The van der Waals surface area contributed by atoms with E-state index in [1.807, 2.05) is 6.07 Å². The quantitative estimate of drug-likeness (QED) is 0.873. The predicted molar refractivity (Wildman–Crippen MR) is 81.8 cm³/mol. The maximum absolute atomic E-state index is 11.5. The van der Waals surface area contributed by atoms with Crippen LogP contribution in [-0.4, -0.2) is 28.2 Å². The number of halogens is 2. The average molecular weight is 372 g/mol. The summed E-state index contributed by atoms with van der Waals surface area (Å²) in [5.74, 6) is -1.43. The Morgan fingerprint density at radius 1 is 1.48 bits per heavy atom. The number of rotatable bonds is 5. The lowest BCUT2D eigenvalue weighted by molar-refractivity contribution is -0.139. The highest BCUT2D eigenvalue weighted by atomic mass is 79.9. The smallest absolute Gasteiger partial charge is 0.314 e. The van der Waals surface area contributed by atoms with Crippen molar-refractivity contribution in [1.29, 1.82) is 0 Å². The third kappa shape index (κ3) is 3.71. The van der Waals surface area contributed by atoms with Crippen molar-refractivity contribution in [3.63, 3.8) is 0 Å². The number of aromatic nitrogens is 2. The normalized spacial score (nSPS) is 12.0. The molecule has 110 valence electrons. The van der Waals surface area contributed by atoms with Crippen molar-refractivity contribution in [2.24, 2.45) is 0 Å². The molecule has 0 radical (unpaired) electrons. The van der Waals surface area contributed by atoms with Crippen LogP contribution in [0.5, 0.6) is 5.88 Å². The summed E-state index contributed by atoms with van der Waals surface area (Å²) in [6.45, 7) is 0. The summed E-state index contributed by atoms with van der Waals surface area (Å²) < 4.78 is 5.64. The molecule has 0 aliphatic heterocycles. The lowest BCUT2D eigenvalue weighted by Gasteiger charge is -2.13. The third-order valence-corrected chi connectivity index (χ3v) is 3.83. The molecule has 7 heteroatoms. The second-order valence-electron chi connectivity index (χ2n) is 4.27. The SMILES string of the molecule is COc1nc(C(Cc2ccccc2Cl)C(=O)O)ncc1Br. The van der Waals surface area contributed by atoms with Gasteiger partial charge in [0.2, 0.25) is 5.88 Å². The van der Waals surface area contributed by atoms with Crippen molar-refractivity contribution < 1.29 is 14.6 Å². The molecule has 21 heavy (non-hydrogen) atoms. The Labute approximate surface area is 135 Å². The zero-order chi connectivity index (χ0) is 15.4. The van der Waals surface area contributed by atoms with Crippen LogP contribution in [0.1, 0.15) is 17.3 Å². The van der Waals surface area contributed by atoms with Crippen LogP contribution >= 0.6 is 27.5 Å². The van der Waals surface area contributed by atoms with Gasteiger partial charge in [0.1, 0.15) is 11.7 Å². The minimum atomic E-state index is -1.01. The summed E-state index contributed by atoms with van der Waals surface area (Å²) in [5.41, 5.74) is 0.733. The molecule has 0 saturated heterocycles. The van der Waals surface area contributed by atoms with Gasteiger partial charge < -0.3 is 9.84 Å². The van der Waals surface area contributed by atoms with Gasteiger partial charge in [-0.15, -0.1) is 0 Å². The Hall–Kier alpha value is -1.66. The monoisotopic (exact) mass is 370 g/mol. The number of carboxylic acid groups (broad SMARTS) is 1. The van der Waals surface area contributed by atoms with E-state index in [1.54, 1.807) is 18.2 Å². The van der Waals surface area contributed by atoms with E-state index in [1.165, 1.54) is 13.3 Å². The molecule has 1 aromatic carbocycles. The van der Waals surface area contributed by atoms with Gasteiger partial charge in [-0.3, -0.25) is 4.79 Å². The zero-order valence-electron chi connectivity index (χ0n) is 11.1. The van der Waals surface area contributed by atoms with E-state index >= 15 is 0 Å². The van der Waals surface area contributed by atoms with Crippen LogP contribution in [0.2, 0.25) is 5.02 Å². The highest BCUT2D eigenvalue weighted by Crippen LogP contribution is 2.27. The van der Waals surface area contributed by atoms with Gasteiger partial charge in [-0.05, 0) is 34.0 Å².